The second-order valence-corrected chi connectivity index (χ2v) is 8.44. The van der Waals surface area contributed by atoms with Crippen LogP contribution in [0.1, 0.15) is 43.4 Å². The zero-order valence-electron chi connectivity index (χ0n) is 18.4. The van der Waals surface area contributed by atoms with Gasteiger partial charge in [0.25, 0.3) is 0 Å². The number of hydrogen-bond acceptors (Lipinski definition) is 6. The van der Waals surface area contributed by atoms with Crippen LogP contribution in [-0.4, -0.2) is 29.8 Å². The maximum Gasteiger partial charge on any atom is 0.344 e. The molecule has 0 aromatic heterocycles. The van der Waals surface area contributed by atoms with Gasteiger partial charge in [-0.3, -0.25) is 0 Å². The number of para-hydroxylation sites is 1. The van der Waals surface area contributed by atoms with Crippen LogP contribution in [0.4, 0.5) is 5.69 Å². The van der Waals surface area contributed by atoms with E-state index in [2.05, 4.69) is 24.9 Å². The number of aryl methyl sites for hydroxylation is 1. The summed E-state index contributed by atoms with van der Waals surface area (Å²) in [5.74, 6) is 0.421. The number of ether oxygens (including phenoxy) is 2. The molecule has 0 saturated heterocycles. The number of thioether (sulfide) groups is 1. The van der Waals surface area contributed by atoms with Gasteiger partial charge in [0.15, 0.2) is 0 Å². The Kier molecular flexibility index (Phi) is 7.23. The number of rotatable bonds is 6. The Labute approximate surface area is 187 Å². The van der Waals surface area contributed by atoms with Crippen LogP contribution >= 0.6 is 11.8 Å². The highest BCUT2D eigenvalue weighted by atomic mass is 32.2. The highest BCUT2D eigenvalue weighted by molar-refractivity contribution is 8.18. The van der Waals surface area contributed by atoms with E-state index in [9.17, 15) is 9.90 Å². The molecule has 0 saturated carbocycles. The molecule has 0 radical (unpaired) electrons. The molecule has 0 aliphatic carbocycles. The average molecular weight is 438 g/mol. The lowest BCUT2D eigenvalue weighted by atomic mass is 9.96. The van der Waals surface area contributed by atoms with Gasteiger partial charge in [-0.15, -0.1) is 0 Å². The zero-order valence-corrected chi connectivity index (χ0v) is 19.2. The van der Waals surface area contributed by atoms with Crippen molar-refractivity contribution in [2.75, 3.05) is 13.7 Å². The van der Waals surface area contributed by atoms with Crippen LogP contribution in [0.25, 0.3) is 6.08 Å². The van der Waals surface area contributed by atoms with Gasteiger partial charge in [0.2, 0.25) is 0 Å². The Morgan fingerprint density at radius 3 is 2.55 bits per heavy atom. The van der Waals surface area contributed by atoms with Gasteiger partial charge in [0.05, 0.1) is 24.3 Å². The van der Waals surface area contributed by atoms with Gasteiger partial charge in [-0.25, -0.2) is 9.79 Å². The molecule has 0 unspecified atom stereocenters. The van der Waals surface area contributed by atoms with E-state index in [1.807, 2.05) is 49.4 Å². The SMILES string of the molecule is CCOC(=O)C1=C(O)C(=Cc2cc(C(C)C)c(OC)cc2C)SC1=Nc1ccccc1. The molecule has 5 nitrogen and oxygen atoms in total. The number of benzene rings is 2. The molecule has 0 fully saturated rings. The minimum atomic E-state index is -0.583. The van der Waals surface area contributed by atoms with Crippen LogP contribution in [0.3, 0.4) is 0 Å². The summed E-state index contributed by atoms with van der Waals surface area (Å²) in [7, 11) is 1.66. The van der Waals surface area contributed by atoms with Crippen molar-refractivity contribution in [3.63, 3.8) is 0 Å². The first kappa shape index (κ1) is 22.7. The predicted octanol–water partition coefficient (Wildman–Crippen LogP) is 6.32. The Morgan fingerprint density at radius 1 is 1.23 bits per heavy atom. The van der Waals surface area contributed by atoms with Gasteiger partial charge in [-0.1, -0.05) is 43.8 Å². The molecule has 0 bridgehead atoms. The lowest BCUT2D eigenvalue weighted by Crippen LogP contribution is -2.12. The molecular formula is C25H27NO4S. The van der Waals surface area contributed by atoms with Crippen LogP contribution in [0.15, 0.2) is 63.7 Å². The molecule has 6 heteroatoms. The van der Waals surface area contributed by atoms with Gasteiger partial charge < -0.3 is 14.6 Å². The number of esters is 1. The topological polar surface area (TPSA) is 68.1 Å². The van der Waals surface area contributed by atoms with Crippen LogP contribution in [0.2, 0.25) is 0 Å². The van der Waals surface area contributed by atoms with Crippen molar-refractivity contribution in [1.29, 1.82) is 0 Å². The minimum absolute atomic E-state index is 0.0946. The Morgan fingerprint density at radius 2 is 1.94 bits per heavy atom. The minimum Gasteiger partial charge on any atom is -0.506 e. The summed E-state index contributed by atoms with van der Waals surface area (Å²) in [6, 6.07) is 13.4. The van der Waals surface area contributed by atoms with Gasteiger partial charge in [0, 0.05) is 0 Å². The number of methoxy groups -OCH3 is 1. The summed E-state index contributed by atoms with van der Waals surface area (Å²) >= 11 is 1.26. The molecule has 0 spiro atoms. The monoisotopic (exact) mass is 437 g/mol. The Balaban J connectivity index is 2.10. The number of nitrogens with zero attached hydrogens (tertiary/aromatic N) is 1. The van der Waals surface area contributed by atoms with Crippen molar-refractivity contribution in [3.8, 4) is 5.75 Å². The van der Waals surface area contributed by atoms with E-state index in [0.717, 1.165) is 22.4 Å². The average Bonchev–Trinajstić information content (AvgIpc) is 3.04. The van der Waals surface area contributed by atoms with Gasteiger partial charge in [0.1, 0.15) is 22.1 Å². The molecule has 1 N–H and O–H groups in total. The smallest absolute Gasteiger partial charge is 0.344 e. The van der Waals surface area contributed by atoms with E-state index in [-0.39, 0.29) is 23.9 Å². The quantitative estimate of drug-likeness (QED) is 0.536. The maximum absolute atomic E-state index is 12.6. The summed E-state index contributed by atoms with van der Waals surface area (Å²) in [6.07, 6.45) is 1.88. The second kappa shape index (κ2) is 9.88. The third-order valence-electron chi connectivity index (χ3n) is 4.88. The first-order valence-electron chi connectivity index (χ1n) is 10.2. The number of aliphatic hydroxyl groups is 1. The molecule has 0 amide bonds. The van der Waals surface area contributed by atoms with E-state index >= 15 is 0 Å². The first-order chi connectivity index (χ1) is 14.8. The van der Waals surface area contributed by atoms with Crippen LogP contribution in [0.5, 0.6) is 5.75 Å². The fourth-order valence-electron chi connectivity index (χ4n) is 3.25. The van der Waals surface area contributed by atoms with E-state index < -0.39 is 5.97 Å². The molecule has 2 aromatic carbocycles. The van der Waals surface area contributed by atoms with Gasteiger partial charge in [-0.2, -0.15) is 0 Å². The van der Waals surface area contributed by atoms with Crippen molar-refractivity contribution in [1.82, 2.24) is 0 Å². The summed E-state index contributed by atoms with van der Waals surface area (Å²) < 4.78 is 10.7. The maximum atomic E-state index is 12.6. The summed E-state index contributed by atoms with van der Waals surface area (Å²) in [4.78, 5) is 17.7. The number of hydrogen-bond donors (Lipinski definition) is 1. The molecule has 31 heavy (non-hydrogen) atoms. The summed E-state index contributed by atoms with van der Waals surface area (Å²) in [5.41, 5.74) is 3.83. The van der Waals surface area contributed by atoms with Crippen LogP contribution < -0.4 is 4.74 Å². The van der Waals surface area contributed by atoms with Gasteiger partial charge in [-0.05, 0) is 66.8 Å². The molecular weight excluding hydrogens is 410 g/mol. The van der Waals surface area contributed by atoms with Crippen LogP contribution in [-0.2, 0) is 9.53 Å². The van der Waals surface area contributed by atoms with Crippen molar-refractivity contribution in [2.45, 2.75) is 33.6 Å². The number of aliphatic imine (C=N–C) groups is 1. The Hall–Kier alpha value is -2.99. The zero-order chi connectivity index (χ0) is 22.5. The normalized spacial score (nSPS) is 16.5. The number of aliphatic hydroxyl groups excluding tert-OH is 1. The number of carbonyl (C=O) groups excluding carboxylic acids is 1. The molecule has 1 heterocycles. The first-order valence-corrected chi connectivity index (χ1v) is 11.0. The van der Waals surface area contributed by atoms with E-state index in [4.69, 9.17) is 9.47 Å². The fraction of sp³-hybridized carbons (Fsp3) is 0.280. The van der Waals surface area contributed by atoms with E-state index in [0.29, 0.717) is 15.6 Å². The van der Waals surface area contributed by atoms with Crippen molar-refractivity contribution in [3.05, 3.63) is 75.4 Å². The highest BCUT2D eigenvalue weighted by Gasteiger charge is 2.33. The summed E-state index contributed by atoms with van der Waals surface area (Å²) in [5, 5.41) is 11.3. The lowest BCUT2D eigenvalue weighted by molar-refractivity contribution is -0.138. The third-order valence-corrected chi connectivity index (χ3v) is 5.90. The third kappa shape index (κ3) is 5.02. The standard InChI is InChI=1S/C25H27NO4S/c1-6-30-25(28)22-23(27)21(31-24(22)26-18-10-8-7-9-11-18)14-17-13-19(15(2)3)20(29-5)12-16(17)4/h7-15,27H,6H2,1-5H3. The molecule has 1 aliphatic heterocycles. The number of carbonyl (C=O) groups is 1. The van der Waals surface area contributed by atoms with Crippen molar-refractivity contribution < 1.29 is 19.4 Å². The summed E-state index contributed by atoms with van der Waals surface area (Å²) in [6.45, 7) is 8.15. The highest BCUT2D eigenvalue weighted by Crippen LogP contribution is 2.41. The lowest BCUT2D eigenvalue weighted by Gasteiger charge is -2.15. The van der Waals surface area contributed by atoms with Crippen LogP contribution in [0, 0.1) is 6.92 Å². The van der Waals surface area contributed by atoms with Crippen molar-refractivity contribution in [2.24, 2.45) is 4.99 Å². The van der Waals surface area contributed by atoms with E-state index in [1.165, 1.54) is 11.8 Å². The largest absolute Gasteiger partial charge is 0.506 e. The van der Waals surface area contributed by atoms with Crippen molar-refractivity contribution >= 4 is 34.5 Å². The second-order valence-electron chi connectivity index (χ2n) is 7.41. The molecule has 1 aliphatic rings. The molecule has 162 valence electrons. The van der Waals surface area contributed by atoms with E-state index in [1.54, 1.807) is 14.0 Å². The molecule has 2 aromatic rings. The molecule has 0 atom stereocenters. The van der Waals surface area contributed by atoms with Gasteiger partial charge >= 0.3 is 5.97 Å². The Bertz CT molecular complexity index is 1070. The fourth-order valence-corrected chi connectivity index (χ4v) is 4.28. The predicted molar refractivity (Wildman–Crippen MR) is 127 cm³/mol. The molecule has 3 rings (SSSR count).